The second-order valence-corrected chi connectivity index (χ2v) is 8.80. The Morgan fingerprint density at radius 1 is 1.06 bits per heavy atom. The Kier molecular flexibility index (Phi) is 6.87. The zero-order valence-electron chi connectivity index (χ0n) is 18.1. The van der Waals surface area contributed by atoms with Crippen molar-refractivity contribution in [2.75, 3.05) is 19.0 Å². The summed E-state index contributed by atoms with van der Waals surface area (Å²) in [7, 11) is 1.64. The van der Waals surface area contributed by atoms with E-state index in [9.17, 15) is 9.59 Å². The van der Waals surface area contributed by atoms with Gasteiger partial charge in [0, 0.05) is 31.3 Å². The highest BCUT2D eigenvalue weighted by Crippen LogP contribution is 2.26. The predicted molar refractivity (Wildman–Crippen MR) is 130 cm³/mol. The molecule has 0 aliphatic heterocycles. The number of nitrogens with one attached hydrogen (secondary N) is 1. The van der Waals surface area contributed by atoms with Gasteiger partial charge in [0.25, 0.3) is 5.56 Å². The lowest BCUT2D eigenvalue weighted by molar-refractivity contribution is -0.115. The molecule has 7 heteroatoms. The van der Waals surface area contributed by atoms with Crippen molar-refractivity contribution in [3.05, 3.63) is 77.1 Å². The van der Waals surface area contributed by atoms with Gasteiger partial charge in [-0.2, -0.15) is 0 Å². The molecule has 0 saturated heterocycles. The second kappa shape index (κ2) is 9.97. The first-order chi connectivity index (χ1) is 15.6. The number of carbonyl (C=O) groups is 1. The van der Waals surface area contributed by atoms with Gasteiger partial charge >= 0.3 is 0 Å². The Morgan fingerprint density at radius 3 is 2.59 bits per heavy atom. The first-order valence-corrected chi connectivity index (χ1v) is 11.4. The minimum atomic E-state index is -0.448. The van der Waals surface area contributed by atoms with E-state index in [1.165, 1.54) is 11.8 Å². The van der Waals surface area contributed by atoms with E-state index in [1.807, 2.05) is 67.6 Å². The van der Waals surface area contributed by atoms with Gasteiger partial charge in [-0.15, -0.1) is 0 Å². The molecule has 0 saturated carbocycles. The first-order valence-electron chi connectivity index (χ1n) is 10.5. The van der Waals surface area contributed by atoms with Crippen molar-refractivity contribution in [1.82, 2.24) is 9.55 Å². The smallest absolute Gasteiger partial charge is 0.262 e. The van der Waals surface area contributed by atoms with Gasteiger partial charge in [0.15, 0.2) is 5.16 Å². The Morgan fingerprint density at radius 2 is 1.78 bits per heavy atom. The predicted octanol–water partition coefficient (Wildman–Crippen LogP) is 4.71. The van der Waals surface area contributed by atoms with Crippen LogP contribution in [0.25, 0.3) is 21.7 Å². The highest BCUT2D eigenvalue weighted by molar-refractivity contribution is 8.00. The van der Waals surface area contributed by atoms with Gasteiger partial charge in [-0.3, -0.25) is 14.2 Å². The zero-order chi connectivity index (χ0) is 22.5. The molecule has 0 spiro atoms. The third-order valence-electron chi connectivity index (χ3n) is 5.26. The zero-order valence-corrected chi connectivity index (χ0v) is 18.9. The molecule has 0 radical (unpaired) electrons. The van der Waals surface area contributed by atoms with E-state index in [0.29, 0.717) is 35.6 Å². The number of nitrogens with zero attached hydrogens (tertiary/aromatic N) is 2. The molecule has 1 N–H and O–H groups in total. The monoisotopic (exact) mass is 447 g/mol. The van der Waals surface area contributed by atoms with Gasteiger partial charge < -0.3 is 10.1 Å². The summed E-state index contributed by atoms with van der Waals surface area (Å²) in [6.07, 6.45) is 0.681. The molecule has 6 nitrogen and oxygen atoms in total. The quantitative estimate of drug-likeness (QED) is 0.241. The fraction of sp³-hybridized carbons (Fsp3) is 0.240. The van der Waals surface area contributed by atoms with Crippen LogP contribution in [0.4, 0.5) is 5.69 Å². The molecule has 0 aliphatic carbocycles. The number of ether oxygens (including phenoxy) is 1. The molecule has 1 aromatic heterocycles. The van der Waals surface area contributed by atoms with Crippen LogP contribution in [0, 0.1) is 0 Å². The molecule has 4 rings (SSSR count). The van der Waals surface area contributed by atoms with E-state index >= 15 is 0 Å². The summed E-state index contributed by atoms with van der Waals surface area (Å²) < 4.78 is 6.79. The van der Waals surface area contributed by atoms with Gasteiger partial charge in [0.2, 0.25) is 5.91 Å². The molecule has 1 atom stereocenters. The molecule has 4 aromatic rings. The molecule has 1 unspecified atom stereocenters. The molecular formula is C25H25N3O3S. The van der Waals surface area contributed by atoms with Crippen molar-refractivity contribution >= 4 is 45.0 Å². The number of benzene rings is 3. The van der Waals surface area contributed by atoms with E-state index < -0.39 is 5.25 Å². The van der Waals surface area contributed by atoms with Crippen molar-refractivity contribution in [1.29, 1.82) is 0 Å². The van der Waals surface area contributed by atoms with Gasteiger partial charge in [-0.05, 0) is 36.9 Å². The number of hydrogen-bond donors (Lipinski definition) is 1. The summed E-state index contributed by atoms with van der Waals surface area (Å²) in [5.74, 6) is -0.141. The molecule has 0 bridgehead atoms. The molecular weight excluding hydrogens is 422 g/mol. The fourth-order valence-corrected chi connectivity index (χ4v) is 4.52. The highest BCUT2D eigenvalue weighted by atomic mass is 32.2. The first kappa shape index (κ1) is 22.0. The summed E-state index contributed by atoms with van der Waals surface area (Å²) in [5.41, 5.74) is 1.30. The number of amides is 1. The van der Waals surface area contributed by atoms with Crippen LogP contribution in [0.5, 0.6) is 0 Å². The van der Waals surface area contributed by atoms with Crippen LogP contribution in [0.1, 0.15) is 13.3 Å². The largest absolute Gasteiger partial charge is 0.385 e. The lowest BCUT2D eigenvalue weighted by atomic mass is 10.1. The van der Waals surface area contributed by atoms with E-state index in [-0.39, 0.29) is 11.5 Å². The Bertz CT molecular complexity index is 1310. The van der Waals surface area contributed by atoms with Gasteiger partial charge in [0.05, 0.1) is 16.2 Å². The number of methoxy groups -OCH3 is 1. The van der Waals surface area contributed by atoms with E-state index in [4.69, 9.17) is 9.72 Å². The Labute approximate surface area is 190 Å². The van der Waals surface area contributed by atoms with E-state index in [2.05, 4.69) is 5.32 Å². The van der Waals surface area contributed by atoms with Crippen LogP contribution in [0.15, 0.2) is 76.7 Å². The molecule has 0 aliphatic rings. The number of hydrogen-bond acceptors (Lipinski definition) is 5. The molecule has 0 fully saturated rings. The number of thioether (sulfide) groups is 1. The number of rotatable bonds is 8. The van der Waals surface area contributed by atoms with Gasteiger partial charge in [-0.1, -0.05) is 60.3 Å². The molecule has 32 heavy (non-hydrogen) atoms. The van der Waals surface area contributed by atoms with Gasteiger partial charge in [0.1, 0.15) is 0 Å². The van der Waals surface area contributed by atoms with E-state index in [0.717, 1.165) is 16.5 Å². The maximum absolute atomic E-state index is 13.1. The average molecular weight is 448 g/mol. The number of fused-ring (bicyclic) bond motifs is 2. The molecule has 3 aromatic carbocycles. The fourth-order valence-electron chi connectivity index (χ4n) is 3.58. The Balaban J connectivity index is 1.60. The summed E-state index contributed by atoms with van der Waals surface area (Å²) in [4.78, 5) is 30.8. The van der Waals surface area contributed by atoms with Crippen molar-refractivity contribution in [2.45, 2.75) is 30.3 Å². The van der Waals surface area contributed by atoms with Crippen molar-refractivity contribution in [3.8, 4) is 0 Å². The maximum Gasteiger partial charge on any atom is 0.262 e. The normalized spacial score (nSPS) is 12.2. The van der Waals surface area contributed by atoms with Crippen molar-refractivity contribution in [3.63, 3.8) is 0 Å². The Hall–Kier alpha value is -3.16. The minimum absolute atomic E-state index is 0.101. The number of para-hydroxylation sites is 1. The standard InChI is InChI=1S/C25H25N3O3S/c1-17(23(29)26-21-14-7-10-18-9-3-4-11-19(18)21)32-25-27-22-13-6-5-12-20(22)24(30)28(25)15-8-16-31-2/h3-7,9-14,17H,8,15-16H2,1-2H3,(H,26,29). The number of aromatic nitrogens is 2. The second-order valence-electron chi connectivity index (χ2n) is 7.49. The van der Waals surface area contributed by atoms with Crippen LogP contribution in [-0.4, -0.2) is 34.4 Å². The van der Waals surface area contributed by atoms with Crippen LogP contribution in [-0.2, 0) is 16.1 Å². The van der Waals surface area contributed by atoms with Crippen LogP contribution in [0.3, 0.4) is 0 Å². The topological polar surface area (TPSA) is 73.2 Å². The lowest BCUT2D eigenvalue weighted by Crippen LogP contribution is -2.27. The summed E-state index contributed by atoms with van der Waals surface area (Å²) in [6, 6.07) is 21.1. The SMILES string of the molecule is COCCCn1c(SC(C)C(=O)Nc2cccc3ccccc23)nc2ccccc2c1=O. The van der Waals surface area contributed by atoms with Crippen LogP contribution < -0.4 is 10.9 Å². The maximum atomic E-state index is 13.1. The van der Waals surface area contributed by atoms with Crippen LogP contribution in [0.2, 0.25) is 0 Å². The number of anilines is 1. The highest BCUT2D eigenvalue weighted by Gasteiger charge is 2.20. The van der Waals surface area contributed by atoms with Crippen molar-refractivity contribution < 1.29 is 9.53 Å². The van der Waals surface area contributed by atoms with Gasteiger partial charge in [-0.25, -0.2) is 4.98 Å². The molecule has 164 valence electrons. The molecule has 1 amide bonds. The third-order valence-corrected chi connectivity index (χ3v) is 6.35. The average Bonchev–Trinajstić information content (AvgIpc) is 2.81. The third kappa shape index (κ3) is 4.69. The summed E-state index contributed by atoms with van der Waals surface area (Å²) in [6.45, 7) is 2.84. The van der Waals surface area contributed by atoms with Crippen LogP contribution >= 0.6 is 11.8 Å². The van der Waals surface area contributed by atoms with Crippen molar-refractivity contribution in [2.24, 2.45) is 0 Å². The summed E-state index contributed by atoms with van der Waals surface area (Å²) >= 11 is 1.29. The lowest BCUT2D eigenvalue weighted by Gasteiger charge is -2.17. The summed E-state index contributed by atoms with van der Waals surface area (Å²) in [5, 5.41) is 5.74. The minimum Gasteiger partial charge on any atom is -0.385 e. The number of carbonyl (C=O) groups excluding carboxylic acids is 1. The molecule has 1 heterocycles. The van der Waals surface area contributed by atoms with E-state index in [1.54, 1.807) is 17.7 Å².